The summed E-state index contributed by atoms with van der Waals surface area (Å²) in [7, 11) is 0. The highest BCUT2D eigenvalue weighted by Crippen LogP contribution is 2.35. The number of aromatic nitrogens is 1. The third-order valence-electron chi connectivity index (χ3n) is 5.81. The van der Waals surface area contributed by atoms with Crippen molar-refractivity contribution >= 4 is 39.8 Å². The lowest BCUT2D eigenvalue weighted by Gasteiger charge is -2.24. The number of fused-ring (bicyclic) bond motifs is 1. The van der Waals surface area contributed by atoms with Gasteiger partial charge in [0, 0.05) is 35.0 Å². The van der Waals surface area contributed by atoms with E-state index in [4.69, 9.17) is 17.3 Å². The van der Waals surface area contributed by atoms with Crippen molar-refractivity contribution in [3.63, 3.8) is 0 Å². The molecule has 38 heavy (non-hydrogen) atoms. The van der Waals surface area contributed by atoms with Crippen molar-refractivity contribution in [2.45, 2.75) is 26.8 Å². The zero-order chi connectivity index (χ0) is 27.4. The molecule has 0 bridgehead atoms. The van der Waals surface area contributed by atoms with Crippen LogP contribution in [0.5, 0.6) is 0 Å². The number of rotatable bonds is 8. The van der Waals surface area contributed by atoms with Crippen molar-refractivity contribution in [1.82, 2.24) is 21.0 Å². The van der Waals surface area contributed by atoms with Gasteiger partial charge in [-0.2, -0.15) is 10.5 Å². The number of carbonyl (C=O) groups is 1. The summed E-state index contributed by atoms with van der Waals surface area (Å²) in [6.07, 6.45) is 3.21. The Morgan fingerprint density at radius 2 is 1.95 bits per heavy atom. The quantitative estimate of drug-likeness (QED) is 0.292. The molecule has 2 heterocycles. The van der Waals surface area contributed by atoms with Gasteiger partial charge in [0.05, 0.1) is 34.1 Å². The number of nitrogens with two attached hydrogens (primary N) is 1. The van der Waals surface area contributed by atoms with Crippen molar-refractivity contribution in [1.29, 1.82) is 10.5 Å². The predicted molar refractivity (Wildman–Crippen MR) is 147 cm³/mol. The van der Waals surface area contributed by atoms with Crippen LogP contribution < -0.4 is 27.3 Å². The summed E-state index contributed by atoms with van der Waals surface area (Å²) in [6, 6.07) is 14.9. The molecule has 2 aromatic carbocycles. The predicted octanol–water partition coefficient (Wildman–Crippen LogP) is 3.89. The van der Waals surface area contributed by atoms with Crippen molar-refractivity contribution in [3.05, 3.63) is 76.2 Å². The van der Waals surface area contributed by atoms with Crippen LogP contribution in [0, 0.1) is 28.1 Å². The van der Waals surface area contributed by atoms with Gasteiger partial charge < -0.3 is 21.8 Å². The van der Waals surface area contributed by atoms with Gasteiger partial charge >= 0.3 is 0 Å². The topological polar surface area (TPSA) is 155 Å². The molecule has 10 nitrogen and oxygen atoms in total. The van der Waals surface area contributed by atoms with E-state index >= 15 is 0 Å². The zero-order valence-corrected chi connectivity index (χ0v) is 22.0. The molecule has 0 saturated carbocycles. The fourth-order valence-electron chi connectivity index (χ4n) is 4.07. The number of anilines is 2. The molecule has 0 radical (unpaired) electrons. The first kappa shape index (κ1) is 26.6. The Kier molecular flexibility index (Phi) is 7.58. The van der Waals surface area contributed by atoms with Crippen LogP contribution in [0.15, 0.2) is 54.5 Å². The van der Waals surface area contributed by atoms with Gasteiger partial charge in [0.25, 0.3) is 0 Å². The molecular formula is C27H28ClN9O. The van der Waals surface area contributed by atoms with Gasteiger partial charge in [0.15, 0.2) is 0 Å². The zero-order valence-electron chi connectivity index (χ0n) is 21.3. The first-order valence-electron chi connectivity index (χ1n) is 11.9. The van der Waals surface area contributed by atoms with E-state index in [0.717, 1.165) is 5.56 Å². The molecule has 0 aliphatic carbocycles. The summed E-state index contributed by atoms with van der Waals surface area (Å²) in [6.45, 7) is 6.85. The Morgan fingerprint density at radius 3 is 2.61 bits per heavy atom. The smallest absolute Gasteiger partial charge is 0.238 e. The first-order chi connectivity index (χ1) is 18.1. The lowest BCUT2D eigenvalue weighted by Crippen LogP contribution is -2.41. The number of nitrogens with one attached hydrogen (secondary N) is 4. The normalized spacial score (nSPS) is 13.7. The number of hydrogen-bond donors (Lipinski definition) is 5. The van der Waals surface area contributed by atoms with Crippen LogP contribution in [0.25, 0.3) is 10.9 Å². The van der Waals surface area contributed by atoms with E-state index in [1.807, 2.05) is 24.3 Å². The summed E-state index contributed by atoms with van der Waals surface area (Å²) < 4.78 is 0. The molecule has 6 N–H and O–H groups in total. The second-order valence-electron chi connectivity index (χ2n) is 10.1. The minimum Gasteiger partial charge on any atom is -0.383 e. The molecule has 194 valence electrons. The molecule has 4 rings (SSSR count). The summed E-state index contributed by atoms with van der Waals surface area (Å²) >= 11 is 6.58. The van der Waals surface area contributed by atoms with Gasteiger partial charge in [-0.25, -0.2) is 0 Å². The van der Waals surface area contributed by atoms with Crippen LogP contribution >= 0.6 is 11.6 Å². The maximum atomic E-state index is 11.4. The molecule has 0 fully saturated rings. The summed E-state index contributed by atoms with van der Waals surface area (Å²) in [4.78, 5) is 15.8. The van der Waals surface area contributed by atoms with E-state index in [1.54, 1.807) is 18.3 Å². The van der Waals surface area contributed by atoms with E-state index < -0.39 is 11.9 Å². The maximum Gasteiger partial charge on any atom is 0.238 e. The van der Waals surface area contributed by atoms with Crippen LogP contribution in [-0.4, -0.2) is 29.0 Å². The highest BCUT2D eigenvalue weighted by atomic mass is 35.5. The summed E-state index contributed by atoms with van der Waals surface area (Å²) in [5.74, 6) is -0.497. The maximum absolute atomic E-state index is 11.4. The fraction of sp³-hybridized carbons (Fsp3) is 0.259. The van der Waals surface area contributed by atoms with Crippen LogP contribution in [-0.2, 0) is 4.79 Å². The molecule has 1 aliphatic heterocycles. The molecule has 1 aliphatic rings. The Balaban J connectivity index is 1.82. The largest absolute Gasteiger partial charge is 0.383 e. The van der Waals surface area contributed by atoms with Gasteiger partial charge in [0.1, 0.15) is 18.7 Å². The van der Waals surface area contributed by atoms with E-state index in [0.29, 0.717) is 50.7 Å². The lowest BCUT2D eigenvalue weighted by atomic mass is 9.96. The number of hydrazine groups is 2. The average Bonchev–Trinajstić information content (AvgIpc) is 3.32. The van der Waals surface area contributed by atoms with Gasteiger partial charge in [-0.3, -0.25) is 14.8 Å². The van der Waals surface area contributed by atoms with E-state index in [2.05, 4.69) is 59.5 Å². The number of pyridine rings is 1. The standard InChI is InChI=1S/C27H28ClN9O/c1-27(2,3)15-33-25-17(11-30)12-32-24-16(10-29)8-18(9-20(24)25)34-26(19-6-4-5-7-21(19)28)22-13-37(36-35-22)14-23(31)38/h4-9,12-13,26,34-36H,14-15H2,1-3H3,(H2,31,38)(H,32,33)/t26-/m0/s1. The van der Waals surface area contributed by atoms with Crippen LogP contribution in [0.3, 0.4) is 0 Å². The van der Waals surface area contributed by atoms with E-state index in [1.165, 1.54) is 11.2 Å². The second-order valence-corrected chi connectivity index (χ2v) is 10.5. The lowest BCUT2D eigenvalue weighted by molar-refractivity contribution is -0.119. The highest BCUT2D eigenvalue weighted by molar-refractivity contribution is 6.31. The number of benzene rings is 2. The molecule has 11 heteroatoms. The van der Waals surface area contributed by atoms with Crippen LogP contribution in [0.2, 0.25) is 5.02 Å². The molecule has 0 saturated heterocycles. The Hall–Kier alpha value is -4.51. The van der Waals surface area contributed by atoms with Gasteiger partial charge in [0.2, 0.25) is 5.91 Å². The van der Waals surface area contributed by atoms with Crippen molar-refractivity contribution < 1.29 is 4.79 Å². The van der Waals surface area contributed by atoms with Gasteiger partial charge in [-0.1, -0.05) is 50.6 Å². The Labute approximate surface area is 226 Å². The van der Waals surface area contributed by atoms with E-state index in [-0.39, 0.29) is 12.0 Å². The van der Waals surface area contributed by atoms with Crippen LogP contribution in [0.1, 0.15) is 43.5 Å². The highest BCUT2D eigenvalue weighted by Gasteiger charge is 2.25. The van der Waals surface area contributed by atoms with Crippen molar-refractivity contribution in [3.8, 4) is 12.1 Å². The molecule has 1 aromatic heterocycles. The number of amides is 1. The SMILES string of the molecule is CC(C)(C)CNc1c(C#N)cnc2c(C#N)cc(N[C@H](C3=CN(CC(N)=O)NN3)c3ccccc3Cl)cc12. The molecule has 0 unspecified atom stereocenters. The van der Waals surface area contributed by atoms with Crippen molar-refractivity contribution in [2.75, 3.05) is 23.7 Å². The first-order valence-corrected chi connectivity index (χ1v) is 12.3. The van der Waals surface area contributed by atoms with Gasteiger partial charge in [-0.15, -0.1) is 5.53 Å². The second kappa shape index (κ2) is 10.9. The number of hydrogen-bond acceptors (Lipinski definition) is 9. The fourth-order valence-corrected chi connectivity index (χ4v) is 4.31. The average molecular weight is 530 g/mol. The third-order valence-corrected chi connectivity index (χ3v) is 6.16. The molecule has 1 atom stereocenters. The summed E-state index contributed by atoms with van der Waals surface area (Å²) in [5, 5.41) is 29.3. The molecule has 1 amide bonds. The van der Waals surface area contributed by atoms with E-state index in [9.17, 15) is 15.3 Å². The molecule has 3 aromatic rings. The number of halogens is 1. The number of primary amides is 1. The minimum absolute atomic E-state index is 0.0360. The van der Waals surface area contributed by atoms with Crippen molar-refractivity contribution in [2.24, 2.45) is 11.1 Å². The van der Waals surface area contributed by atoms with Crippen LogP contribution in [0.4, 0.5) is 11.4 Å². The minimum atomic E-state index is -0.497. The number of carbonyl (C=O) groups excluding carboxylic acids is 1. The Morgan fingerprint density at radius 1 is 1.21 bits per heavy atom. The monoisotopic (exact) mass is 529 g/mol. The molecule has 0 spiro atoms. The third kappa shape index (κ3) is 5.89. The number of nitrogens with zero attached hydrogens (tertiary/aromatic N) is 4. The summed E-state index contributed by atoms with van der Waals surface area (Å²) in [5.41, 5.74) is 15.2. The molecular weight excluding hydrogens is 502 g/mol. The number of nitriles is 2. The van der Waals surface area contributed by atoms with Gasteiger partial charge in [-0.05, 0) is 29.2 Å². The Bertz CT molecular complexity index is 1500.